The number of aryl methyl sites for hydroxylation is 1. The van der Waals surface area contributed by atoms with Gasteiger partial charge in [-0.2, -0.15) is 5.10 Å². The van der Waals surface area contributed by atoms with Crippen molar-refractivity contribution >= 4 is 17.3 Å². The third-order valence-electron chi connectivity index (χ3n) is 3.83. The summed E-state index contributed by atoms with van der Waals surface area (Å²) in [7, 11) is 1.77. The molecule has 1 amide bonds. The molecule has 0 radical (unpaired) electrons. The average Bonchev–Trinajstić information content (AvgIpc) is 3.28. The van der Waals surface area contributed by atoms with Crippen molar-refractivity contribution in [3.8, 4) is 5.82 Å². The van der Waals surface area contributed by atoms with Gasteiger partial charge in [-0.3, -0.25) is 19.6 Å². The van der Waals surface area contributed by atoms with Crippen LogP contribution in [0.2, 0.25) is 0 Å². The number of nitro benzene ring substituents is 1. The number of rotatable bonds is 7. The van der Waals surface area contributed by atoms with E-state index in [0.29, 0.717) is 30.2 Å². The van der Waals surface area contributed by atoms with Gasteiger partial charge in [0.15, 0.2) is 0 Å². The van der Waals surface area contributed by atoms with E-state index in [2.05, 4.69) is 15.7 Å². The van der Waals surface area contributed by atoms with Gasteiger partial charge < -0.3 is 15.2 Å². The number of anilines is 1. The molecule has 1 aromatic carbocycles. The second kappa shape index (κ2) is 7.51. The first-order valence-electron chi connectivity index (χ1n) is 7.99. The first-order chi connectivity index (χ1) is 12.6. The summed E-state index contributed by atoms with van der Waals surface area (Å²) in [5.74, 6) is 0.408. The number of nitro groups is 1. The zero-order valence-corrected chi connectivity index (χ0v) is 14.1. The molecule has 0 saturated heterocycles. The number of para-hydroxylation sites is 2. The highest BCUT2D eigenvalue weighted by molar-refractivity contribution is 5.97. The smallest absolute Gasteiger partial charge is 0.292 e. The van der Waals surface area contributed by atoms with E-state index in [4.69, 9.17) is 0 Å². The van der Waals surface area contributed by atoms with Gasteiger partial charge in [0.1, 0.15) is 17.1 Å². The van der Waals surface area contributed by atoms with Crippen molar-refractivity contribution in [3.63, 3.8) is 0 Å². The lowest BCUT2D eigenvalue weighted by Crippen LogP contribution is -2.29. The summed E-state index contributed by atoms with van der Waals surface area (Å²) in [5, 5.41) is 20.9. The number of amides is 1. The molecule has 0 saturated carbocycles. The minimum Gasteiger partial charge on any atom is -0.378 e. The standard InChI is InChI=1S/C17H18N6O3/c1-21-17(22-10-4-5-11-22)13(12-20-21)16(24)19-9-8-18-14-6-2-3-7-15(14)23(25)26/h2-7,10-12,18H,8-9H2,1H3,(H,19,24). The Morgan fingerprint density at radius 1 is 1.19 bits per heavy atom. The molecule has 0 aliphatic rings. The van der Waals surface area contributed by atoms with E-state index < -0.39 is 4.92 Å². The highest BCUT2D eigenvalue weighted by atomic mass is 16.6. The number of aromatic nitrogens is 3. The molecule has 134 valence electrons. The summed E-state index contributed by atoms with van der Waals surface area (Å²) in [6.07, 6.45) is 5.19. The Labute approximate surface area is 149 Å². The maximum atomic E-state index is 12.4. The van der Waals surface area contributed by atoms with Crippen molar-refractivity contribution in [2.75, 3.05) is 18.4 Å². The Kier molecular flexibility index (Phi) is 4.97. The third kappa shape index (κ3) is 3.56. The van der Waals surface area contributed by atoms with Crippen molar-refractivity contribution in [3.05, 3.63) is 70.7 Å². The Morgan fingerprint density at radius 3 is 2.65 bits per heavy atom. The Balaban J connectivity index is 1.60. The zero-order valence-electron chi connectivity index (χ0n) is 14.1. The summed E-state index contributed by atoms with van der Waals surface area (Å²) in [6, 6.07) is 10.1. The summed E-state index contributed by atoms with van der Waals surface area (Å²) in [4.78, 5) is 23.0. The highest BCUT2D eigenvalue weighted by Gasteiger charge is 2.17. The number of hydrogen-bond acceptors (Lipinski definition) is 5. The fourth-order valence-corrected chi connectivity index (χ4v) is 2.62. The molecule has 9 nitrogen and oxygen atoms in total. The maximum absolute atomic E-state index is 12.4. The van der Waals surface area contributed by atoms with Crippen molar-refractivity contribution in [2.45, 2.75) is 0 Å². The van der Waals surface area contributed by atoms with Crippen LogP contribution in [0.15, 0.2) is 55.0 Å². The van der Waals surface area contributed by atoms with Crippen LogP contribution in [0.5, 0.6) is 0 Å². The molecule has 0 aliphatic heterocycles. The molecular formula is C17H18N6O3. The first-order valence-corrected chi connectivity index (χ1v) is 7.99. The van der Waals surface area contributed by atoms with Gasteiger partial charge in [-0.1, -0.05) is 12.1 Å². The van der Waals surface area contributed by atoms with Crippen molar-refractivity contribution < 1.29 is 9.72 Å². The predicted molar refractivity (Wildman–Crippen MR) is 96.5 cm³/mol. The summed E-state index contributed by atoms with van der Waals surface area (Å²) in [6.45, 7) is 0.667. The van der Waals surface area contributed by atoms with Gasteiger partial charge in [-0.05, 0) is 18.2 Å². The molecule has 0 atom stereocenters. The number of nitrogens with zero attached hydrogens (tertiary/aromatic N) is 4. The van der Waals surface area contributed by atoms with Crippen LogP contribution in [0.25, 0.3) is 5.82 Å². The van der Waals surface area contributed by atoms with Gasteiger partial charge in [0.05, 0.1) is 11.1 Å². The molecular weight excluding hydrogens is 336 g/mol. The normalized spacial score (nSPS) is 10.5. The maximum Gasteiger partial charge on any atom is 0.292 e. The second-order valence-electron chi connectivity index (χ2n) is 5.55. The molecule has 2 aromatic heterocycles. The van der Waals surface area contributed by atoms with E-state index in [0.717, 1.165) is 0 Å². The van der Waals surface area contributed by atoms with Crippen molar-refractivity contribution in [2.24, 2.45) is 7.05 Å². The van der Waals surface area contributed by atoms with Crippen LogP contribution in [0.3, 0.4) is 0 Å². The number of nitrogens with one attached hydrogen (secondary N) is 2. The summed E-state index contributed by atoms with van der Waals surface area (Å²) in [5.41, 5.74) is 0.872. The number of hydrogen-bond donors (Lipinski definition) is 2. The SMILES string of the molecule is Cn1ncc(C(=O)NCCNc2ccccc2[N+](=O)[O-])c1-n1cccc1. The quantitative estimate of drug-likeness (QED) is 0.383. The highest BCUT2D eigenvalue weighted by Crippen LogP contribution is 2.22. The third-order valence-corrected chi connectivity index (χ3v) is 3.83. The van der Waals surface area contributed by atoms with E-state index >= 15 is 0 Å². The predicted octanol–water partition coefficient (Wildman–Crippen LogP) is 1.96. The molecule has 0 aliphatic carbocycles. The summed E-state index contributed by atoms with van der Waals surface area (Å²) < 4.78 is 3.44. The van der Waals surface area contributed by atoms with E-state index in [1.54, 1.807) is 29.9 Å². The molecule has 2 N–H and O–H groups in total. The molecule has 3 aromatic rings. The molecule has 0 fully saturated rings. The first kappa shape index (κ1) is 17.2. The van der Waals surface area contributed by atoms with E-state index in [1.165, 1.54) is 12.3 Å². The Hall–Kier alpha value is -3.62. The van der Waals surface area contributed by atoms with Crippen molar-refractivity contribution in [1.82, 2.24) is 19.7 Å². The van der Waals surface area contributed by atoms with Gasteiger partial charge in [-0.25, -0.2) is 0 Å². The molecule has 3 rings (SSSR count). The topological polar surface area (TPSA) is 107 Å². The lowest BCUT2D eigenvalue weighted by Gasteiger charge is -2.10. The van der Waals surface area contributed by atoms with Crippen LogP contribution in [0.1, 0.15) is 10.4 Å². The minimum atomic E-state index is -0.445. The van der Waals surface area contributed by atoms with E-state index in [1.807, 2.05) is 29.1 Å². The van der Waals surface area contributed by atoms with Gasteiger partial charge in [-0.15, -0.1) is 0 Å². The number of carbonyl (C=O) groups is 1. The molecule has 9 heteroatoms. The van der Waals surface area contributed by atoms with Crippen molar-refractivity contribution in [1.29, 1.82) is 0 Å². The zero-order chi connectivity index (χ0) is 18.5. The molecule has 0 unspecified atom stereocenters. The Morgan fingerprint density at radius 2 is 1.92 bits per heavy atom. The molecule has 26 heavy (non-hydrogen) atoms. The lowest BCUT2D eigenvalue weighted by molar-refractivity contribution is -0.384. The van der Waals surface area contributed by atoms with Crippen LogP contribution < -0.4 is 10.6 Å². The average molecular weight is 354 g/mol. The van der Waals surface area contributed by atoms with Crippen LogP contribution in [0.4, 0.5) is 11.4 Å². The Bertz CT molecular complexity index is 916. The van der Waals surface area contributed by atoms with E-state index in [9.17, 15) is 14.9 Å². The van der Waals surface area contributed by atoms with Gasteiger partial charge in [0.2, 0.25) is 0 Å². The van der Waals surface area contributed by atoms with E-state index in [-0.39, 0.29) is 11.6 Å². The fraction of sp³-hybridized carbons (Fsp3) is 0.176. The second-order valence-corrected chi connectivity index (χ2v) is 5.55. The fourth-order valence-electron chi connectivity index (χ4n) is 2.62. The van der Waals surface area contributed by atoms with Crippen LogP contribution in [0, 0.1) is 10.1 Å². The molecule has 2 heterocycles. The summed E-state index contributed by atoms with van der Waals surface area (Å²) >= 11 is 0. The largest absolute Gasteiger partial charge is 0.378 e. The molecule has 0 bridgehead atoms. The number of carbonyl (C=O) groups excluding carboxylic acids is 1. The monoisotopic (exact) mass is 354 g/mol. The molecule has 0 spiro atoms. The lowest BCUT2D eigenvalue weighted by atomic mass is 10.2. The van der Waals surface area contributed by atoms with Gasteiger partial charge in [0, 0.05) is 38.6 Å². The minimum absolute atomic E-state index is 0.000907. The number of benzene rings is 1. The van der Waals surface area contributed by atoms with Crippen LogP contribution >= 0.6 is 0 Å². The van der Waals surface area contributed by atoms with Crippen LogP contribution in [-0.4, -0.2) is 38.3 Å². The van der Waals surface area contributed by atoms with Crippen LogP contribution in [-0.2, 0) is 7.05 Å². The van der Waals surface area contributed by atoms with Gasteiger partial charge in [0.25, 0.3) is 11.6 Å². The van der Waals surface area contributed by atoms with Gasteiger partial charge >= 0.3 is 0 Å².